The minimum Gasteiger partial charge on any atom is -0.465 e. The maximum Gasteiger partial charge on any atom is 0.337 e. The summed E-state index contributed by atoms with van der Waals surface area (Å²) < 4.78 is 4.80. The van der Waals surface area contributed by atoms with Crippen molar-refractivity contribution in [1.29, 1.82) is 0 Å². The second-order valence-corrected chi connectivity index (χ2v) is 5.42. The first-order chi connectivity index (χ1) is 12.1. The third-order valence-corrected chi connectivity index (χ3v) is 3.91. The fourth-order valence-corrected chi connectivity index (χ4v) is 2.66. The van der Waals surface area contributed by atoms with E-state index in [1.54, 1.807) is 24.3 Å². The van der Waals surface area contributed by atoms with E-state index >= 15 is 0 Å². The molecule has 0 spiro atoms. The molecule has 0 radical (unpaired) electrons. The standard InChI is InChI=1S/C20H15NO4/c1-25-20(22)16-9-12-18(14-5-3-2-4-6-14)19(13-16)15-7-10-17(11-8-15)21(23)24/h2-13H,1H3. The van der Waals surface area contributed by atoms with Gasteiger partial charge in [0.05, 0.1) is 17.6 Å². The largest absolute Gasteiger partial charge is 0.465 e. The lowest BCUT2D eigenvalue weighted by atomic mass is 9.92. The van der Waals surface area contributed by atoms with Crippen molar-refractivity contribution in [2.75, 3.05) is 7.11 Å². The number of ether oxygens (including phenoxy) is 1. The first-order valence-electron chi connectivity index (χ1n) is 7.63. The molecule has 124 valence electrons. The maximum absolute atomic E-state index is 11.9. The van der Waals surface area contributed by atoms with Crippen molar-refractivity contribution in [2.24, 2.45) is 0 Å². The second kappa shape index (κ2) is 6.97. The summed E-state index contributed by atoms with van der Waals surface area (Å²) >= 11 is 0. The van der Waals surface area contributed by atoms with E-state index in [4.69, 9.17) is 4.74 Å². The highest BCUT2D eigenvalue weighted by Crippen LogP contribution is 2.34. The predicted molar refractivity (Wildman–Crippen MR) is 95.3 cm³/mol. The van der Waals surface area contributed by atoms with Crippen LogP contribution in [0.5, 0.6) is 0 Å². The summed E-state index contributed by atoms with van der Waals surface area (Å²) in [4.78, 5) is 22.3. The summed E-state index contributed by atoms with van der Waals surface area (Å²) in [6.07, 6.45) is 0. The number of non-ortho nitro benzene ring substituents is 1. The fourth-order valence-electron chi connectivity index (χ4n) is 2.66. The molecule has 0 unspecified atom stereocenters. The molecule has 0 aliphatic carbocycles. The molecule has 0 amide bonds. The summed E-state index contributed by atoms with van der Waals surface area (Å²) in [7, 11) is 1.33. The predicted octanol–water partition coefficient (Wildman–Crippen LogP) is 4.72. The fraction of sp³-hybridized carbons (Fsp3) is 0.0500. The summed E-state index contributed by atoms with van der Waals surface area (Å²) in [5.41, 5.74) is 3.97. The van der Waals surface area contributed by atoms with Crippen molar-refractivity contribution in [3.63, 3.8) is 0 Å². The minimum absolute atomic E-state index is 0.0223. The third-order valence-electron chi connectivity index (χ3n) is 3.91. The molecule has 5 heteroatoms. The molecule has 3 aromatic rings. The van der Waals surface area contributed by atoms with Crippen molar-refractivity contribution >= 4 is 11.7 Å². The van der Waals surface area contributed by atoms with Gasteiger partial charge in [0.1, 0.15) is 0 Å². The summed E-state index contributed by atoms with van der Waals surface area (Å²) in [6, 6.07) is 21.3. The van der Waals surface area contributed by atoms with Gasteiger partial charge in [-0.25, -0.2) is 4.79 Å². The highest BCUT2D eigenvalue weighted by molar-refractivity contribution is 5.94. The molecule has 0 aromatic heterocycles. The minimum atomic E-state index is -0.438. The van der Waals surface area contributed by atoms with Crippen LogP contribution in [-0.2, 0) is 4.74 Å². The lowest BCUT2D eigenvalue weighted by Gasteiger charge is -2.12. The van der Waals surface area contributed by atoms with E-state index in [1.165, 1.54) is 19.2 Å². The Hall–Kier alpha value is -3.47. The Morgan fingerprint density at radius 1 is 0.880 bits per heavy atom. The number of carbonyl (C=O) groups is 1. The number of hydrogen-bond acceptors (Lipinski definition) is 4. The maximum atomic E-state index is 11.9. The zero-order valence-corrected chi connectivity index (χ0v) is 13.5. The van der Waals surface area contributed by atoms with Gasteiger partial charge in [0, 0.05) is 12.1 Å². The Labute approximate surface area is 144 Å². The molecule has 0 aliphatic heterocycles. The van der Waals surface area contributed by atoms with Crippen LogP contribution >= 0.6 is 0 Å². The highest BCUT2D eigenvalue weighted by Gasteiger charge is 2.14. The van der Waals surface area contributed by atoms with E-state index < -0.39 is 10.9 Å². The van der Waals surface area contributed by atoms with Crippen LogP contribution in [0.3, 0.4) is 0 Å². The van der Waals surface area contributed by atoms with Crippen molar-refractivity contribution in [1.82, 2.24) is 0 Å². The van der Waals surface area contributed by atoms with Crippen molar-refractivity contribution < 1.29 is 14.5 Å². The Kier molecular flexibility index (Phi) is 4.57. The number of benzene rings is 3. The molecule has 0 aliphatic rings. The summed E-state index contributed by atoms with van der Waals surface area (Å²) in [6.45, 7) is 0. The van der Waals surface area contributed by atoms with Gasteiger partial charge in [-0.05, 0) is 46.5 Å². The molecule has 0 bridgehead atoms. The molecule has 3 rings (SSSR count). The Morgan fingerprint density at radius 2 is 1.52 bits per heavy atom. The van der Waals surface area contributed by atoms with Crippen molar-refractivity contribution in [3.8, 4) is 22.3 Å². The molecule has 0 N–H and O–H groups in total. The van der Waals surface area contributed by atoms with E-state index in [0.29, 0.717) is 5.56 Å². The molecule has 25 heavy (non-hydrogen) atoms. The average molecular weight is 333 g/mol. The summed E-state index contributed by atoms with van der Waals surface area (Å²) in [5.74, 6) is -0.428. The van der Waals surface area contributed by atoms with Gasteiger partial charge in [0.2, 0.25) is 0 Å². The molecular weight excluding hydrogens is 318 g/mol. The van der Waals surface area contributed by atoms with Crippen LogP contribution in [0.15, 0.2) is 72.8 Å². The third kappa shape index (κ3) is 3.40. The van der Waals surface area contributed by atoms with Crippen LogP contribution in [0, 0.1) is 10.1 Å². The highest BCUT2D eigenvalue weighted by atomic mass is 16.6. The van der Waals surface area contributed by atoms with Gasteiger partial charge < -0.3 is 4.74 Å². The van der Waals surface area contributed by atoms with E-state index in [2.05, 4.69) is 0 Å². The van der Waals surface area contributed by atoms with Crippen LogP contribution in [0.2, 0.25) is 0 Å². The van der Waals surface area contributed by atoms with Gasteiger partial charge in [0.15, 0.2) is 0 Å². The lowest BCUT2D eigenvalue weighted by Crippen LogP contribution is -2.01. The second-order valence-electron chi connectivity index (χ2n) is 5.42. The average Bonchev–Trinajstić information content (AvgIpc) is 2.67. The number of nitro benzene ring substituents is 1. The topological polar surface area (TPSA) is 69.4 Å². The van der Waals surface area contributed by atoms with Gasteiger partial charge in [0.25, 0.3) is 5.69 Å². The lowest BCUT2D eigenvalue weighted by molar-refractivity contribution is -0.384. The molecule has 0 heterocycles. The van der Waals surface area contributed by atoms with Crippen LogP contribution in [-0.4, -0.2) is 18.0 Å². The van der Waals surface area contributed by atoms with Crippen LogP contribution in [0.1, 0.15) is 10.4 Å². The first-order valence-corrected chi connectivity index (χ1v) is 7.63. The molecule has 0 saturated carbocycles. The van der Waals surface area contributed by atoms with Gasteiger partial charge in [-0.15, -0.1) is 0 Å². The quantitative estimate of drug-likeness (QED) is 0.394. The molecule has 3 aromatic carbocycles. The normalized spacial score (nSPS) is 10.3. The van der Waals surface area contributed by atoms with Crippen LogP contribution < -0.4 is 0 Å². The Balaban J connectivity index is 2.16. The summed E-state index contributed by atoms with van der Waals surface area (Å²) in [5, 5.41) is 10.9. The smallest absolute Gasteiger partial charge is 0.337 e. The molecule has 5 nitrogen and oxygen atoms in total. The number of methoxy groups -OCH3 is 1. The number of nitrogens with zero attached hydrogens (tertiary/aromatic N) is 1. The Morgan fingerprint density at radius 3 is 2.12 bits per heavy atom. The number of esters is 1. The zero-order valence-electron chi connectivity index (χ0n) is 13.5. The number of carbonyl (C=O) groups excluding carboxylic acids is 1. The van der Waals surface area contributed by atoms with Crippen molar-refractivity contribution in [2.45, 2.75) is 0 Å². The molecular formula is C20H15NO4. The molecule has 0 saturated heterocycles. The van der Waals surface area contributed by atoms with Gasteiger partial charge in [-0.2, -0.15) is 0 Å². The van der Waals surface area contributed by atoms with E-state index in [0.717, 1.165) is 22.3 Å². The SMILES string of the molecule is COC(=O)c1ccc(-c2ccccc2)c(-c2ccc([N+](=O)[O-])cc2)c1. The van der Waals surface area contributed by atoms with E-state index in [-0.39, 0.29) is 5.69 Å². The van der Waals surface area contributed by atoms with Gasteiger partial charge in [-0.1, -0.05) is 36.4 Å². The van der Waals surface area contributed by atoms with Crippen molar-refractivity contribution in [3.05, 3.63) is 88.5 Å². The molecule has 0 atom stereocenters. The first kappa shape index (κ1) is 16.4. The molecule has 0 fully saturated rings. The Bertz CT molecular complexity index is 918. The number of rotatable bonds is 4. The van der Waals surface area contributed by atoms with Crippen LogP contribution in [0.25, 0.3) is 22.3 Å². The van der Waals surface area contributed by atoms with Gasteiger partial charge >= 0.3 is 5.97 Å². The zero-order chi connectivity index (χ0) is 17.8. The van der Waals surface area contributed by atoms with E-state index in [1.807, 2.05) is 36.4 Å². The number of nitro groups is 1. The van der Waals surface area contributed by atoms with Crippen LogP contribution in [0.4, 0.5) is 5.69 Å². The van der Waals surface area contributed by atoms with Gasteiger partial charge in [-0.3, -0.25) is 10.1 Å². The number of hydrogen-bond donors (Lipinski definition) is 0. The monoisotopic (exact) mass is 333 g/mol. The van der Waals surface area contributed by atoms with E-state index in [9.17, 15) is 14.9 Å².